The zero-order valence-electron chi connectivity index (χ0n) is 18.5. The van der Waals surface area contributed by atoms with E-state index in [1.807, 2.05) is 50.2 Å². The molecule has 2 atom stereocenters. The first kappa shape index (κ1) is 23.3. The summed E-state index contributed by atoms with van der Waals surface area (Å²) in [5.41, 5.74) is 4.56. The molecule has 1 unspecified atom stereocenters. The topological polar surface area (TPSA) is 105 Å². The molecule has 1 aliphatic carbocycles. The molecular weight excluding hydrogens is 408 g/mol. The summed E-state index contributed by atoms with van der Waals surface area (Å²) < 4.78 is 5.50. The molecule has 0 radical (unpaired) electrons. The highest BCUT2D eigenvalue weighted by Crippen LogP contribution is 2.44. The first-order valence-electron chi connectivity index (χ1n) is 11.1. The summed E-state index contributed by atoms with van der Waals surface area (Å²) in [6.07, 6.45) is 0.874. The van der Waals surface area contributed by atoms with E-state index in [0.717, 1.165) is 22.3 Å². The van der Waals surface area contributed by atoms with E-state index >= 15 is 0 Å². The number of carboxylic acids is 1. The van der Waals surface area contributed by atoms with Crippen LogP contribution in [0.15, 0.2) is 48.5 Å². The lowest BCUT2D eigenvalue weighted by molar-refractivity contribution is -0.142. The lowest BCUT2D eigenvalue weighted by Gasteiger charge is -2.20. The van der Waals surface area contributed by atoms with Gasteiger partial charge in [0, 0.05) is 12.5 Å². The van der Waals surface area contributed by atoms with Gasteiger partial charge in [-0.2, -0.15) is 0 Å². The molecule has 32 heavy (non-hydrogen) atoms. The monoisotopic (exact) mass is 438 g/mol. The largest absolute Gasteiger partial charge is 0.480 e. The second-order valence-corrected chi connectivity index (χ2v) is 8.00. The number of carboxylic acid groups (broad SMARTS) is 1. The number of amides is 2. The van der Waals surface area contributed by atoms with E-state index in [9.17, 15) is 19.5 Å². The van der Waals surface area contributed by atoms with Gasteiger partial charge in [0.15, 0.2) is 0 Å². The fourth-order valence-corrected chi connectivity index (χ4v) is 4.11. The molecular formula is C25H30N2O5. The van der Waals surface area contributed by atoms with Gasteiger partial charge in [0.25, 0.3) is 0 Å². The SMILES string of the molecule is CCC[C@H](NC(=O)C(CC)CNC(=O)OCC1c2ccccc2-c2ccccc21)C(=O)O. The second-order valence-electron chi connectivity index (χ2n) is 8.00. The van der Waals surface area contributed by atoms with Crippen LogP contribution in [-0.4, -0.2) is 42.3 Å². The maximum Gasteiger partial charge on any atom is 0.407 e. The zero-order valence-corrected chi connectivity index (χ0v) is 18.5. The summed E-state index contributed by atoms with van der Waals surface area (Å²) >= 11 is 0. The number of nitrogens with one attached hydrogen (secondary N) is 2. The number of rotatable bonds is 10. The summed E-state index contributed by atoms with van der Waals surface area (Å²) in [6, 6.07) is 15.3. The highest BCUT2D eigenvalue weighted by molar-refractivity contribution is 5.85. The number of alkyl carbamates (subject to hydrolysis) is 1. The Labute approximate surface area is 188 Å². The summed E-state index contributed by atoms with van der Waals surface area (Å²) in [6.45, 7) is 3.95. The van der Waals surface area contributed by atoms with E-state index in [1.165, 1.54) is 0 Å². The zero-order chi connectivity index (χ0) is 23.1. The normalized spacial score (nSPS) is 14.1. The molecule has 0 saturated carbocycles. The van der Waals surface area contributed by atoms with E-state index in [1.54, 1.807) is 0 Å². The first-order chi connectivity index (χ1) is 15.5. The van der Waals surface area contributed by atoms with Gasteiger partial charge in [0.05, 0.1) is 5.92 Å². The predicted molar refractivity (Wildman–Crippen MR) is 121 cm³/mol. The van der Waals surface area contributed by atoms with Crippen LogP contribution in [0.4, 0.5) is 4.79 Å². The van der Waals surface area contributed by atoms with E-state index in [0.29, 0.717) is 19.3 Å². The van der Waals surface area contributed by atoms with Crippen LogP contribution in [-0.2, 0) is 14.3 Å². The standard InChI is InChI=1S/C25H30N2O5/c1-3-9-22(24(29)30)27-23(28)16(4-2)14-26-25(31)32-15-21-19-12-7-5-10-17(19)18-11-6-8-13-20(18)21/h5-8,10-13,16,21-22H,3-4,9,14-15H2,1-2H3,(H,26,31)(H,27,28)(H,29,30)/t16?,22-/m0/s1. The molecule has 0 saturated heterocycles. The number of aliphatic carboxylic acids is 1. The van der Waals surface area contributed by atoms with Gasteiger partial charge in [-0.1, -0.05) is 68.8 Å². The van der Waals surface area contributed by atoms with Crippen molar-refractivity contribution in [3.05, 3.63) is 59.7 Å². The average molecular weight is 439 g/mol. The summed E-state index contributed by atoms with van der Waals surface area (Å²) in [5, 5.41) is 14.4. The Bertz CT molecular complexity index is 929. The molecule has 2 amide bonds. The molecule has 7 heteroatoms. The van der Waals surface area contributed by atoms with Gasteiger partial charge in [-0.25, -0.2) is 9.59 Å². The summed E-state index contributed by atoms with van der Waals surface area (Å²) in [5.74, 6) is -2.01. The molecule has 1 aliphatic rings. The summed E-state index contributed by atoms with van der Waals surface area (Å²) in [7, 11) is 0. The van der Waals surface area contributed by atoms with Crippen LogP contribution in [0.25, 0.3) is 11.1 Å². The molecule has 0 aromatic heterocycles. The minimum atomic E-state index is -1.06. The van der Waals surface area contributed by atoms with E-state index in [-0.39, 0.29) is 25.0 Å². The first-order valence-corrected chi connectivity index (χ1v) is 11.1. The van der Waals surface area contributed by atoms with E-state index in [4.69, 9.17) is 4.74 Å². The minimum absolute atomic E-state index is 0.0382. The van der Waals surface area contributed by atoms with Crippen LogP contribution in [0.3, 0.4) is 0 Å². The number of carbonyl (C=O) groups is 3. The maximum absolute atomic E-state index is 12.5. The van der Waals surface area contributed by atoms with E-state index < -0.39 is 24.0 Å². The molecule has 0 spiro atoms. The number of fused-ring (bicyclic) bond motifs is 3. The van der Waals surface area contributed by atoms with Crippen LogP contribution in [0, 0.1) is 5.92 Å². The van der Waals surface area contributed by atoms with Crippen molar-refractivity contribution in [3.63, 3.8) is 0 Å². The third-order valence-corrected chi connectivity index (χ3v) is 5.89. The molecule has 3 N–H and O–H groups in total. The van der Waals surface area contributed by atoms with Gasteiger partial charge in [0.1, 0.15) is 12.6 Å². The smallest absolute Gasteiger partial charge is 0.407 e. The Balaban J connectivity index is 1.55. The van der Waals surface area contributed by atoms with Gasteiger partial charge < -0.3 is 20.5 Å². The van der Waals surface area contributed by atoms with Gasteiger partial charge in [-0.05, 0) is 35.1 Å². The predicted octanol–water partition coefficient (Wildman–Crippen LogP) is 3.92. The number of carbonyl (C=O) groups excluding carboxylic acids is 2. The van der Waals surface area contributed by atoms with Crippen molar-refractivity contribution in [1.82, 2.24) is 10.6 Å². The number of hydrogen-bond donors (Lipinski definition) is 3. The number of benzene rings is 2. The molecule has 170 valence electrons. The molecule has 0 fully saturated rings. The third kappa shape index (κ3) is 5.28. The number of ether oxygens (including phenoxy) is 1. The Morgan fingerprint density at radius 2 is 1.59 bits per heavy atom. The minimum Gasteiger partial charge on any atom is -0.480 e. The second kappa shape index (κ2) is 10.8. The van der Waals surface area contributed by atoms with Crippen LogP contribution < -0.4 is 10.6 Å². The highest BCUT2D eigenvalue weighted by Gasteiger charge is 2.29. The molecule has 2 aromatic rings. The average Bonchev–Trinajstić information content (AvgIpc) is 3.11. The Morgan fingerprint density at radius 1 is 1.00 bits per heavy atom. The molecule has 2 aromatic carbocycles. The molecule has 0 aliphatic heterocycles. The van der Waals surface area contributed by atoms with Gasteiger partial charge >= 0.3 is 12.1 Å². The maximum atomic E-state index is 12.5. The van der Waals surface area contributed by atoms with E-state index in [2.05, 4.69) is 22.8 Å². The lowest BCUT2D eigenvalue weighted by atomic mass is 9.98. The van der Waals surface area contributed by atoms with Crippen LogP contribution in [0.1, 0.15) is 50.2 Å². The third-order valence-electron chi connectivity index (χ3n) is 5.89. The van der Waals surface area contributed by atoms with Crippen molar-refractivity contribution in [2.45, 2.75) is 45.1 Å². The van der Waals surface area contributed by atoms with Gasteiger partial charge in [-0.15, -0.1) is 0 Å². The van der Waals surface area contributed by atoms with Gasteiger partial charge in [-0.3, -0.25) is 4.79 Å². The van der Waals surface area contributed by atoms with Crippen LogP contribution in [0.5, 0.6) is 0 Å². The molecule has 7 nitrogen and oxygen atoms in total. The van der Waals surface area contributed by atoms with Crippen LogP contribution >= 0.6 is 0 Å². The van der Waals surface area contributed by atoms with Crippen molar-refractivity contribution in [2.24, 2.45) is 5.92 Å². The van der Waals surface area contributed by atoms with Gasteiger partial charge in [0.2, 0.25) is 5.91 Å². The highest BCUT2D eigenvalue weighted by atomic mass is 16.5. The molecule has 0 bridgehead atoms. The fraction of sp³-hybridized carbons (Fsp3) is 0.400. The van der Waals surface area contributed by atoms with Crippen molar-refractivity contribution in [2.75, 3.05) is 13.2 Å². The van der Waals surface area contributed by atoms with Crippen molar-refractivity contribution in [3.8, 4) is 11.1 Å². The Morgan fingerprint density at radius 3 is 2.12 bits per heavy atom. The van der Waals surface area contributed by atoms with Crippen molar-refractivity contribution < 1.29 is 24.2 Å². The fourth-order valence-electron chi connectivity index (χ4n) is 4.11. The Hall–Kier alpha value is -3.35. The Kier molecular flexibility index (Phi) is 7.87. The van der Waals surface area contributed by atoms with Crippen molar-refractivity contribution >= 4 is 18.0 Å². The van der Waals surface area contributed by atoms with Crippen LogP contribution in [0.2, 0.25) is 0 Å². The quantitative estimate of drug-likeness (QED) is 0.521. The lowest BCUT2D eigenvalue weighted by Crippen LogP contribution is -2.46. The van der Waals surface area contributed by atoms with Crippen molar-refractivity contribution in [1.29, 1.82) is 0 Å². The number of hydrogen-bond acceptors (Lipinski definition) is 4. The summed E-state index contributed by atoms with van der Waals surface area (Å²) in [4.78, 5) is 36.1. The molecule has 3 rings (SSSR count). The molecule has 0 heterocycles.